The lowest BCUT2D eigenvalue weighted by Crippen LogP contribution is -2.27. The van der Waals surface area contributed by atoms with Gasteiger partial charge in [-0.3, -0.25) is 9.00 Å². The predicted octanol–water partition coefficient (Wildman–Crippen LogP) is 1.93. The molecule has 1 unspecified atom stereocenters. The van der Waals surface area contributed by atoms with Crippen molar-refractivity contribution in [1.82, 2.24) is 5.32 Å². The SMILES string of the molecule is CCCNc1ccc(C(=O)NCCS(C)=O)cc1C. The summed E-state index contributed by atoms with van der Waals surface area (Å²) in [6.45, 7) is 5.46. The van der Waals surface area contributed by atoms with Crippen molar-refractivity contribution >= 4 is 22.4 Å². The van der Waals surface area contributed by atoms with Crippen LogP contribution in [0.15, 0.2) is 18.2 Å². The van der Waals surface area contributed by atoms with Crippen LogP contribution in [0.5, 0.6) is 0 Å². The summed E-state index contributed by atoms with van der Waals surface area (Å²) < 4.78 is 10.9. The Morgan fingerprint density at radius 2 is 2.05 bits per heavy atom. The highest BCUT2D eigenvalue weighted by Crippen LogP contribution is 2.16. The van der Waals surface area contributed by atoms with Crippen molar-refractivity contribution in [1.29, 1.82) is 0 Å². The van der Waals surface area contributed by atoms with Crippen LogP contribution in [-0.2, 0) is 10.8 Å². The van der Waals surface area contributed by atoms with Crippen molar-refractivity contribution in [3.63, 3.8) is 0 Å². The summed E-state index contributed by atoms with van der Waals surface area (Å²) in [5.74, 6) is 0.372. The lowest BCUT2D eigenvalue weighted by molar-refractivity contribution is 0.0956. The van der Waals surface area contributed by atoms with Gasteiger partial charge in [-0.15, -0.1) is 0 Å². The molecule has 106 valence electrons. The molecule has 0 saturated heterocycles. The molecule has 5 heteroatoms. The molecule has 1 amide bonds. The van der Waals surface area contributed by atoms with E-state index in [1.54, 1.807) is 6.26 Å². The Morgan fingerprint density at radius 1 is 1.32 bits per heavy atom. The third-order valence-corrected chi connectivity index (χ3v) is 3.51. The maximum absolute atomic E-state index is 11.9. The molecule has 0 spiro atoms. The third kappa shape index (κ3) is 5.42. The molecule has 0 bridgehead atoms. The van der Waals surface area contributed by atoms with E-state index < -0.39 is 10.8 Å². The number of rotatable bonds is 7. The van der Waals surface area contributed by atoms with Gasteiger partial charge in [0, 0.05) is 47.1 Å². The number of amides is 1. The van der Waals surface area contributed by atoms with Crippen LogP contribution in [0, 0.1) is 6.92 Å². The Bertz CT molecular complexity index is 461. The predicted molar refractivity (Wildman–Crippen MR) is 81.2 cm³/mol. The van der Waals surface area contributed by atoms with Crippen molar-refractivity contribution < 1.29 is 9.00 Å². The minimum Gasteiger partial charge on any atom is -0.385 e. The van der Waals surface area contributed by atoms with Crippen molar-refractivity contribution in [3.8, 4) is 0 Å². The molecule has 4 nitrogen and oxygen atoms in total. The minimum absolute atomic E-state index is 0.115. The van der Waals surface area contributed by atoms with Gasteiger partial charge in [0.15, 0.2) is 0 Å². The molecule has 0 fully saturated rings. The Labute approximate surface area is 117 Å². The van der Waals surface area contributed by atoms with Crippen LogP contribution in [0.1, 0.15) is 29.3 Å². The molecule has 19 heavy (non-hydrogen) atoms. The maximum atomic E-state index is 11.9. The van der Waals surface area contributed by atoms with Crippen molar-refractivity contribution in [3.05, 3.63) is 29.3 Å². The highest BCUT2D eigenvalue weighted by molar-refractivity contribution is 7.84. The van der Waals surface area contributed by atoms with Gasteiger partial charge >= 0.3 is 0 Å². The molecule has 0 heterocycles. The molecule has 0 aromatic heterocycles. The Hall–Kier alpha value is -1.36. The molecule has 2 N–H and O–H groups in total. The second-order valence-electron chi connectivity index (χ2n) is 4.49. The summed E-state index contributed by atoms with van der Waals surface area (Å²) in [7, 11) is -0.875. The number of hydrogen-bond acceptors (Lipinski definition) is 3. The van der Waals surface area contributed by atoms with E-state index in [4.69, 9.17) is 0 Å². The van der Waals surface area contributed by atoms with E-state index in [1.807, 2.05) is 25.1 Å². The fourth-order valence-electron chi connectivity index (χ4n) is 1.67. The van der Waals surface area contributed by atoms with E-state index in [-0.39, 0.29) is 5.91 Å². The first-order valence-corrected chi connectivity index (χ1v) is 8.20. The number of anilines is 1. The van der Waals surface area contributed by atoms with Crippen LogP contribution in [-0.4, -0.2) is 35.2 Å². The first-order chi connectivity index (χ1) is 9.04. The van der Waals surface area contributed by atoms with Crippen LogP contribution in [0.4, 0.5) is 5.69 Å². The van der Waals surface area contributed by atoms with Crippen LogP contribution >= 0.6 is 0 Å². The zero-order valence-corrected chi connectivity index (χ0v) is 12.6. The Balaban J connectivity index is 2.61. The highest BCUT2D eigenvalue weighted by Gasteiger charge is 2.07. The number of aryl methyl sites for hydroxylation is 1. The number of carbonyl (C=O) groups is 1. The molecular weight excluding hydrogens is 260 g/mol. The molecule has 0 aliphatic heterocycles. The third-order valence-electron chi connectivity index (χ3n) is 2.73. The summed E-state index contributed by atoms with van der Waals surface area (Å²) in [4.78, 5) is 11.9. The van der Waals surface area contributed by atoms with E-state index in [9.17, 15) is 9.00 Å². The second kappa shape index (κ2) is 7.94. The molecule has 0 saturated carbocycles. The van der Waals surface area contributed by atoms with Crippen LogP contribution in [0.2, 0.25) is 0 Å². The van der Waals surface area contributed by atoms with E-state index >= 15 is 0 Å². The van der Waals surface area contributed by atoms with Gasteiger partial charge in [-0.1, -0.05) is 6.92 Å². The number of carbonyl (C=O) groups excluding carboxylic acids is 1. The van der Waals surface area contributed by atoms with Crippen molar-refractivity contribution in [2.24, 2.45) is 0 Å². The van der Waals surface area contributed by atoms with Gasteiger partial charge in [0.25, 0.3) is 5.91 Å². The monoisotopic (exact) mass is 282 g/mol. The van der Waals surface area contributed by atoms with Crippen LogP contribution in [0.25, 0.3) is 0 Å². The van der Waals surface area contributed by atoms with Gasteiger partial charge < -0.3 is 10.6 Å². The number of nitrogens with one attached hydrogen (secondary N) is 2. The van der Waals surface area contributed by atoms with E-state index in [0.717, 1.165) is 24.2 Å². The summed E-state index contributed by atoms with van der Waals surface area (Å²) in [5.41, 5.74) is 2.76. The van der Waals surface area contributed by atoms with E-state index in [0.29, 0.717) is 17.9 Å². The molecule has 0 aliphatic carbocycles. The van der Waals surface area contributed by atoms with E-state index in [2.05, 4.69) is 17.6 Å². The fraction of sp³-hybridized carbons (Fsp3) is 0.500. The lowest BCUT2D eigenvalue weighted by atomic mass is 10.1. The lowest BCUT2D eigenvalue weighted by Gasteiger charge is -2.10. The highest BCUT2D eigenvalue weighted by atomic mass is 32.2. The topological polar surface area (TPSA) is 58.2 Å². The summed E-state index contributed by atoms with van der Waals surface area (Å²) in [5, 5.41) is 6.08. The summed E-state index contributed by atoms with van der Waals surface area (Å²) in [6.07, 6.45) is 2.69. The first-order valence-electron chi connectivity index (χ1n) is 6.47. The standard InChI is InChI=1S/C14H22N2O2S/c1-4-7-15-13-6-5-12(10-11(13)2)14(17)16-8-9-19(3)18/h5-6,10,15H,4,7-9H2,1-3H3,(H,16,17). The van der Waals surface area contributed by atoms with Crippen LogP contribution < -0.4 is 10.6 Å². The van der Waals surface area contributed by atoms with Gasteiger partial charge in [-0.2, -0.15) is 0 Å². The normalized spacial score (nSPS) is 11.9. The zero-order valence-electron chi connectivity index (χ0n) is 11.8. The van der Waals surface area contributed by atoms with Gasteiger partial charge in [0.1, 0.15) is 0 Å². The Morgan fingerprint density at radius 3 is 2.63 bits per heavy atom. The molecule has 1 atom stereocenters. The molecule has 0 radical (unpaired) electrons. The smallest absolute Gasteiger partial charge is 0.251 e. The van der Waals surface area contributed by atoms with E-state index in [1.165, 1.54) is 0 Å². The summed E-state index contributed by atoms with van der Waals surface area (Å²) in [6, 6.07) is 5.61. The molecule has 0 aliphatic rings. The fourth-order valence-corrected chi connectivity index (χ4v) is 2.06. The average molecular weight is 282 g/mol. The number of hydrogen-bond donors (Lipinski definition) is 2. The van der Waals surface area contributed by atoms with Gasteiger partial charge in [-0.25, -0.2) is 0 Å². The number of benzene rings is 1. The van der Waals surface area contributed by atoms with Gasteiger partial charge in [0.05, 0.1) is 0 Å². The van der Waals surface area contributed by atoms with Crippen LogP contribution in [0.3, 0.4) is 0 Å². The average Bonchev–Trinajstić information content (AvgIpc) is 2.36. The summed E-state index contributed by atoms with van der Waals surface area (Å²) >= 11 is 0. The second-order valence-corrected chi connectivity index (χ2v) is 6.04. The Kier molecular flexibility index (Phi) is 6.56. The van der Waals surface area contributed by atoms with Gasteiger partial charge in [-0.05, 0) is 37.1 Å². The van der Waals surface area contributed by atoms with Gasteiger partial charge in [0.2, 0.25) is 0 Å². The molecule has 1 rings (SSSR count). The molecule has 1 aromatic carbocycles. The zero-order chi connectivity index (χ0) is 14.3. The maximum Gasteiger partial charge on any atom is 0.251 e. The molecular formula is C14H22N2O2S. The quantitative estimate of drug-likeness (QED) is 0.803. The minimum atomic E-state index is -0.875. The molecule has 1 aromatic rings. The van der Waals surface area contributed by atoms with Crippen molar-refractivity contribution in [2.45, 2.75) is 20.3 Å². The van der Waals surface area contributed by atoms with Crippen molar-refractivity contribution in [2.75, 3.05) is 30.4 Å². The first kappa shape index (κ1) is 15.7. The largest absolute Gasteiger partial charge is 0.385 e.